The second kappa shape index (κ2) is 6.28. The van der Waals surface area contributed by atoms with Crippen LogP contribution in [-0.4, -0.2) is 28.9 Å². The van der Waals surface area contributed by atoms with E-state index in [1.54, 1.807) is 17.4 Å². The molecule has 1 N–H and O–H groups in total. The van der Waals surface area contributed by atoms with Crippen LogP contribution in [0.3, 0.4) is 0 Å². The lowest BCUT2D eigenvalue weighted by molar-refractivity contribution is -0.127. The van der Waals surface area contributed by atoms with E-state index < -0.39 is 12.6 Å². The summed E-state index contributed by atoms with van der Waals surface area (Å²) in [5.74, 6) is -0.207. The van der Waals surface area contributed by atoms with E-state index in [1.807, 2.05) is 18.2 Å². The Labute approximate surface area is 132 Å². The molecule has 21 heavy (non-hydrogen) atoms. The molecule has 0 saturated carbocycles. The van der Waals surface area contributed by atoms with E-state index in [9.17, 15) is 9.90 Å². The van der Waals surface area contributed by atoms with Gasteiger partial charge in [-0.2, -0.15) is 0 Å². The molecular formula is C16H16ClNO2S. The van der Waals surface area contributed by atoms with E-state index in [1.165, 1.54) is 10.4 Å². The van der Waals surface area contributed by atoms with Gasteiger partial charge in [-0.05, 0) is 35.1 Å². The van der Waals surface area contributed by atoms with Crippen molar-refractivity contribution in [1.82, 2.24) is 4.90 Å². The van der Waals surface area contributed by atoms with Crippen LogP contribution in [0.5, 0.6) is 0 Å². The fraction of sp³-hybridized carbons (Fsp3) is 0.312. The lowest BCUT2D eigenvalue weighted by Crippen LogP contribution is -2.38. The van der Waals surface area contributed by atoms with Gasteiger partial charge in [0.25, 0.3) is 0 Å². The van der Waals surface area contributed by atoms with Crippen molar-refractivity contribution in [3.63, 3.8) is 0 Å². The van der Waals surface area contributed by atoms with Gasteiger partial charge < -0.3 is 5.11 Å². The minimum atomic E-state index is -0.475. The molecule has 1 aliphatic rings. The Bertz CT molecular complexity index is 655. The Morgan fingerprint density at radius 2 is 2.19 bits per heavy atom. The number of fused-ring (bicyclic) bond motifs is 1. The Hall–Kier alpha value is -1.20. The maximum absolute atomic E-state index is 12.3. The van der Waals surface area contributed by atoms with Gasteiger partial charge in [-0.25, -0.2) is 0 Å². The van der Waals surface area contributed by atoms with Crippen LogP contribution in [0.2, 0.25) is 5.02 Å². The summed E-state index contributed by atoms with van der Waals surface area (Å²) in [5, 5.41) is 12.0. The zero-order chi connectivity index (χ0) is 14.8. The fourth-order valence-corrected chi connectivity index (χ4v) is 3.98. The summed E-state index contributed by atoms with van der Waals surface area (Å²) in [7, 11) is 0. The van der Waals surface area contributed by atoms with Crippen LogP contribution in [0.25, 0.3) is 0 Å². The minimum Gasteiger partial charge on any atom is -0.389 e. The second-order valence-corrected chi connectivity index (χ2v) is 6.55. The van der Waals surface area contributed by atoms with Gasteiger partial charge in [0.05, 0.1) is 6.04 Å². The zero-order valence-corrected chi connectivity index (χ0v) is 13.0. The van der Waals surface area contributed by atoms with Crippen LogP contribution in [0.1, 0.15) is 22.0 Å². The molecule has 2 heterocycles. The molecule has 1 aromatic heterocycles. The number of nitrogens with zero attached hydrogens (tertiary/aromatic N) is 1. The summed E-state index contributed by atoms with van der Waals surface area (Å²) < 4.78 is 0. The number of ketones is 1. The largest absolute Gasteiger partial charge is 0.389 e. The third-order valence-corrected chi connectivity index (χ3v) is 5.23. The van der Waals surface area contributed by atoms with E-state index in [4.69, 9.17) is 11.6 Å². The lowest BCUT2D eigenvalue weighted by Gasteiger charge is -2.34. The third-order valence-electron chi connectivity index (χ3n) is 3.86. The molecule has 2 aromatic rings. The van der Waals surface area contributed by atoms with Gasteiger partial charge in [0.2, 0.25) is 0 Å². The molecule has 0 amide bonds. The molecule has 0 bridgehead atoms. The first-order chi connectivity index (χ1) is 10.2. The fourth-order valence-electron chi connectivity index (χ4n) is 2.85. The summed E-state index contributed by atoms with van der Waals surface area (Å²) in [6.45, 7) is 1.05. The number of rotatable bonds is 4. The van der Waals surface area contributed by atoms with Crippen molar-refractivity contribution in [3.05, 3.63) is 56.7 Å². The van der Waals surface area contributed by atoms with Crippen molar-refractivity contribution in [2.75, 3.05) is 13.2 Å². The van der Waals surface area contributed by atoms with E-state index in [2.05, 4.69) is 16.3 Å². The summed E-state index contributed by atoms with van der Waals surface area (Å²) in [4.78, 5) is 15.8. The number of hydrogen-bond acceptors (Lipinski definition) is 4. The highest BCUT2D eigenvalue weighted by molar-refractivity contribution is 7.10. The first kappa shape index (κ1) is 14.7. The van der Waals surface area contributed by atoms with Gasteiger partial charge in [-0.1, -0.05) is 29.8 Å². The molecule has 0 spiro atoms. The van der Waals surface area contributed by atoms with Crippen LogP contribution in [-0.2, 0) is 17.8 Å². The first-order valence-electron chi connectivity index (χ1n) is 6.88. The monoisotopic (exact) mass is 321 g/mol. The Morgan fingerprint density at radius 1 is 1.38 bits per heavy atom. The molecule has 3 rings (SSSR count). The Kier molecular flexibility index (Phi) is 4.40. The molecule has 0 unspecified atom stereocenters. The van der Waals surface area contributed by atoms with Gasteiger partial charge in [-0.3, -0.25) is 9.69 Å². The number of aliphatic hydroxyl groups excluding tert-OH is 1. The number of carbonyl (C=O) groups excluding carboxylic acids is 1. The standard InChI is InChI=1S/C16H16ClNO2S/c17-13-4-2-1-3-12(13)16(14(20)10-19)18-7-5-15-11(9-18)6-8-21-15/h1-4,6,8,16,19H,5,7,9-10H2/t16-/m1/s1. The molecular weight excluding hydrogens is 306 g/mol. The highest BCUT2D eigenvalue weighted by atomic mass is 35.5. The van der Waals surface area contributed by atoms with Gasteiger partial charge in [-0.15, -0.1) is 11.3 Å². The molecule has 0 fully saturated rings. The van der Waals surface area contributed by atoms with Crippen LogP contribution >= 0.6 is 22.9 Å². The number of halogens is 1. The number of benzene rings is 1. The van der Waals surface area contributed by atoms with Gasteiger partial charge in [0.15, 0.2) is 5.78 Å². The summed E-state index contributed by atoms with van der Waals surface area (Å²) >= 11 is 8.03. The van der Waals surface area contributed by atoms with Gasteiger partial charge >= 0.3 is 0 Å². The molecule has 5 heteroatoms. The van der Waals surface area contributed by atoms with Crippen molar-refractivity contribution in [2.24, 2.45) is 0 Å². The van der Waals surface area contributed by atoms with E-state index in [-0.39, 0.29) is 5.78 Å². The van der Waals surface area contributed by atoms with Crippen LogP contribution in [0.4, 0.5) is 0 Å². The molecule has 0 aliphatic carbocycles. The summed E-state index contributed by atoms with van der Waals surface area (Å²) in [5.41, 5.74) is 2.05. The van der Waals surface area contributed by atoms with Gasteiger partial charge in [0, 0.05) is 23.0 Å². The maximum atomic E-state index is 12.3. The zero-order valence-electron chi connectivity index (χ0n) is 11.5. The highest BCUT2D eigenvalue weighted by Crippen LogP contribution is 2.33. The van der Waals surface area contributed by atoms with Crippen molar-refractivity contribution < 1.29 is 9.90 Å². The molecule has 1 atom stereocenters. The predicted octanol–water partition coefficient (Wildman–Crippen LogP) is 3.06. The average Bonchev–Trinajstić information content (AvgIpc) is 2.97. The van der Waals surface area contributed by atoms with Gasteiger partial charge in [0.1, 0.15) is 6.61 Å². The van der Waals surface area contributed by atoms with Crippen molar-refractivity contribution in [2.45, 2.75) is 19.0 Å². The second-order valence-electron chi connectivity index (χ2n) is 5.14. The van der Waals surface area contributed by atoms with Crippen molar-refractivity contribution in [1.29, 1.82) is 0 Å². The molecule has 0 saturated heterocycles. The Morgan fingerprint density at radius 3 is 2.95 bits per heavy atom. The van der Waals surface area contributed by atoms with Crippen LogP contribution < -0.4 is 0 Å². The number of hydrogen-bond donors (Lipinski definition) is 1. The highest BCUT2D eigenvalue weighted by Gasteiger charge is 2.31. The van der Waals surface area contributed by atoms with Crippen molar-refractivity contribution in [3.8, 4) is 0 Å². The van der Waals surface area contributed by atoms with Crippen LogP contribution in [0.15, 0.2) is 35.7 Å². The molecule has 110 valence electrons. The van der Waals surface area contributed by atoms with E-state index in [0.717, 1.165) is 25.1 Å². The quantitative estimate of drug-likeness (QED) is 0.941. The number of Topliss-reactive ketones (excluding diaryl/α,β-unsaturated/α-hetero) is 1. The summed E-state index contributed by atoms with van der Waals surface area (Å²) in [6.07, 6.45) is 0.937. The molecule has 0 radical (unpaired) electrons. The average molecular weight is 322 g/mol. The Balaban J connectivity index is 1.94. The lowest BCUT2D eigenvalue weighted by atomic mass is 9.98. The van der Waals surface area contributed by atoms with E-state index in [0.29, 0.717) is 5.02 Å². The predicted molar refractivity (Wildman–Crippen MR) is 84.7 cm³/mol. The van der Waals surface area contributed by atoms with E-state index >= 15 is 0 Å². The minimum absolute atomic E-state index is 0.207. The number of carbonyl (C=O) groups is 1. The smallest absolute Gasteiger partial charge is 0.179 e. The number of thiophene rings is 1. The first-order valence-corrected chi connectivity index (χ1v) is 8.13. The summed E-state index contributed by atoms with van der Waals surface area (Å²) in [6, 6.07) is 9.01. The van der Waals surface area contributed by atoms with Crippen LogP contribution in [0, 0.1) is 0 Å². The molecule has 1 aromatic carbocycles. The SMILES string of the molecule is O=C(CO)[C@@H](c1ccccc1Cl)N1CCc2sccc2C1. The molecule has 1 aliphatic heterocycles. The maximum Gasteiger partial charge on any atom is 0.179 e. The van der Waals surface area contributed by atoms with Crippen molar-refractivity contribution >= 4 is 28.7 Å². The topological polar surface area (TPSA) is 40.5 Å². The molecule has 3 nitrogen and oxygen atoms in total. The third kappa shape index (κ3) is 2.90. The normalized spacial score (nSPS) is 16.5. The number of aliphatic hydroxyl groups is 1.